The predicted octanol–water partition coefficient (Wildman–Crippen LogP) is 4.44. The Balaban J connectivity index is 2.08. The smallest absolute Gasteiger partial charge is 0.339 e. The fourth-order valence-electron chi connectivity index (χ4n) is 2.54. The second kappa shape index (κ2) is 9.04. The molecule has 0 aliphatic rings. The zero-order valence-corrected chi connectivity index (χ0v) is 17.6. The summed E-state index contributed by atoms with van der Waals surface area (Å²) in [4.78, 5) is 26.8. The predicted molar refractivity (Wildman–Crippen MR) is 108 cm³/mol. The lowest BCUT2D eigenvalue weighted by atomic mass is 10.0. The van der Waals surface area contributed by atoms with Gasteiger partial charge in [-0.2, -0.15) is 0 Å². The Bertz CT molecular complexity index is 800. The van der Waals surface area contributed by atoms with Crippen molar-refractivity contribution in [3.8, 4) is 5.75 Å². The first-order valence-electron chi connectivity index (χ1n) is 8.57. The molecule has 0 saturated carbocycles. The number of rotatable bonds is 6. The van der Waals surface area contributed by atoms with Gasteiger partial charge < -0.3 is 14.4 Å². The number of esters is 1. The molecular weight excluding hydrogens is 410 g/mol. The maximum atomic E-state index is 12.8. The van der Waals surface area contributed by atoms with Crippen LogP contribution in [0.25, 0.3) is 0 Å². The maximum absolute atomic E-state index is 12.8. The number of nitrogens with zero attached hydrogens (tertiary/aromatic N) is 1. The van der Waals surface area contributed by atoms with Crippen LogP contribution in [0.3, 0.4) is 0 Å². The van der Waals surface area contributed by atoms with Crippen molar-refractivity contribution in [2.75, 3.05) is 13.7 Å². The molecule has 0 fully saturated rings. The van der Waals surface area contributed by atoms with Crippen LogP contribution >= 0.6 is 15.9 Å². The van der Waals surface area contributed by atoms with Crippen LogP contribution in [0.5, 0.6) is 5.75 Å². The lowest BCUT2D eigenvalue weighted by molar-refractivity contribution is -0.140. The van der Waals surface area contributed by atoms with Crippen molar-refractivity contribution in [3.63, 3.8) is 0 Å². The first-order chi connectivity index (χ1) is 12.7. The van der Waals surface area contributed by atoms with Gasteiger partial charge in [-0.05, 0) is 60.5 Å². The fraction of sp³-hybridized carbons (Fsp3) is 0.333. The SMILES string of the molecule is COc1ccc(Br)c(C(=O)OCC(=O)N(Cc2ccccc2)C(C)(C)C)c1. The van der Waals surface area contributed by atoms with E-state index in [2.05, 4.69) is 15.9 Å². The molecule has 6 heteroatoms. The summed E-state index contributed by atoms with van der Waals surface area (Å²) in [6.07, 6.45) is 0. The summed E-state index contributed by atoms with van der Waals surface area (Å²) in [6.45, 7) is 5.98. The van der Waals surface area contributed by atoms with Gasteiger partial charge in [0.1, 0.15) is 5.75 Å². The number of hydrogen-bond donors (Lipinski definition) is 0. The second-order valence-corrected chi connectivity index (χ2v) is 7.91. The average Bonchev–Trinajstić information content (AvgIpc) is 2.64. The third kappa shape index (κ3) is 5.82. The first-order valence-corrected chi connectivity index (χ1v) is 9.36. The molecule has 0 bridgehead atoms. The molecule has 0 atom stereocenters. The van der Waals surface area contributed by atoms with E-state index in [1.54, 1.807) is 23.1 Å². The largest absolute Gasteiger partial charge is 0.497 e. The van der Waals surface area contributed by atoms with Gasteiger partial charge in [-0.15, -0.1) is 0 Å². The molecule has 5 nitrogen and oxygen atoms in total. The van der Waals surface area contributed by atoms with Crippen LogP contribution in [0.15, 0.2) is 53.0 Å². The lowest BCUT2D eigenvalue weighted by Gasteiger charge is -2.35. The highest BCUT2D eigenvalue weighted by Crippen LogP contribution is 2.23. The summed E-state index contributed by atoms with van der Waals surface area (Å²) < 4.78 is 11.0. The summed E-state index contributed by atoms with van der Waals surface area (Å²) in [7, 11) is 1.52. The molecule has 0 aliphatic heterocycles. The number of ether oxygens (including phenoxy) is 2. The van der Waals surface area contributed by atoms with Gasteiger partial charge in [0.2, 0.25) is 0 Å². The highest BCUT2D eigenvalue weighted by molar-refractivity contribution is 9.10. The van der Waals surface area contributed by atoms with Gasteiger partial charge in [0, 0.05) is 16.6 Å². The summed E-state index contributed by atoms with van der Waals surface area (Å²) in [5.74, 6) is -0.293. The molecular formula is C21H24BrNO4. The fourth-order valence-corrected chi connectivity index (χ4v) is 2.94. The van der Waals surface area contributed by atoms with Crippen molar-refractivity contribution in [3.05, 3.63) is 64.1 Å². The van der Waals surface area contributed by atoms with Crippen molar-refractivity contribution in [1.82, 2.24) is 4.90 Å². The van der Waals surface area contributed by atoms with Crippen LogP contribution in [0.4, 0.5) is 0 Å². The molecule has 0 aliphatic carbocycles. The Morgan fingerprint density at radius 3 is 2.33 bits per heavy atom. The number of hydrogen-bond acceptors (Lipinski definition) is 4. The Morgan fingerprint density at radius 2 is 1.74 bits per heavy atom. The Morgan fingerprint density at radius 1 is 1.07 bits per heavy atom. The highest BCUT2D eigenvalue weighted by atomic mass is 79.9. The second-order valence-electron chi connectivity index (χ2n) is 7.06. The van der Waals surface area contributed by atoms with Crippen LogP contribution in [-0.2, 0) is 16.1 Å². The van der Waals surface area contributed by atoms with Gasteiger partial charge in [-0.25, -0.2) is 4.79 Å². The molecule has 0 unspecified atom stereocenters. The quantitative estimate of drug-likeness (QED) is 0.631. The number of benzene rings is 2. The minimum atomic E-state index is -0.581. The molecule has 0 aromatic heterocycles. The molecule has 1 amide bonds. The molecule has 0 saturated heterocycles. The standard InChI is InChI=1S/C21H24BrNO4/c1-21(2,3)23(13-15-8-6-5-7-9-15)19(24)14-27-20(25)17-12-16(26-4)10-11-18(17)22/h5-12H,13-14H2,1-4H3. The summed E-state index contributed by atoms with van der Waals surface area (Å²) in [5.41, 5.74) is 0.922. The normalized spacial score (nSPS) is 11.0. The lowest BCUT2D eigenvalue weighted by Crippen LogP contribution is -2.46. The van der Waals surface area contributed by atoms with E-state index in [0.717, 1.165) is 5.56 Å². The minimum absolute atomic E-state index is 0.251. The molecule has 2 aromatic rings. The molecule has 0 radical (unpaired) electrons. The Labute approximate surface area is 168 Å². The Hall–Kier alpha value is -2.34. The van der Waals surface area contributed by atoms with Gasteiger partial charge >= 0.3 is 5.97 Å². The van der Waals surface area contributed by atoms with Crippen molar-refractivity contribution < 1.29 is 19.1 Å². The van der Waals surface area contributed by atoms with Crippen molar-refractivity contribution in [2.45, 2.75) is 32.9 Å². The third-order valence-electron chi connectivity index (χ3n) is 4.01. The number of methoxy groups -OCH3 is 1. The van der Waals surface area contributed by atoms with E-state index in [9.17, 15) is 9.59 Å². The van der Waals surface area contributed by atoms with E-state index < -0.39 is 11.5 Å². The topological polar surface area (TPSA) is 55.8 Å². The molecule has 0 heterocycles. The molecule has 0 N–H and O–H groups in total. The highest BCUT2D eigenvalue weighted by Gasteiger charge is 2.27. The maximum Gasteiger partial charge on any atom is 0.339 e. The number of halogens is 1. The molecule has 2 aromatic carbocycles. The minimum Gasteiger partial charge on any atom is -0.497 e. The number of amides is 1. The van der Waals surface area contributed by atoms with Gasteiger partial charge in [0.05, 0.1) is 12.7 Å². The van der Waals surface area contributed by atoms with Crippen molar-refractivity contribution in [1.29, 1.82) is 0 Å². The van der Waals surface area contributed by atoms with E-state index in [0.29, 0.717) is 22.3 Å². The van der Waals surface area contributed by atoms with Crippen molar-refractivity contribution >= 4 is 27.8 Å². The van der Waals surface area contributed by atoms with Crippen LogP contribution in [0.1, 0.15) is 36.7 Å². The zero-order chi connectivity index (χ0) is 20.0. The first kappa shape index (κ1) is 21.0. The molecule has 144 valence electrons. The van der Waals surface area contributed by atoms with E-state index in [4.69, 9.17) is 9.47 Å². The molecule has 0 spiro atoms. The average molecular weight is 434 g/mol. The molecule has 27 heavy (non-hydrogen) atoms. The number of carbonyl (C=O) groups excluding carboxylic acids is 2. The van der Waals surface area contributed by atoms with E-state index >= 15 is 0 Å². The van der Waals surface area contributed by atoms with E-state index in [-0.39, 0.29) is 12.5 Å². The van der Waals surface area contributed by atoms with Gasteiger partial charge in [0.15, 0.2) is 6.61 Å². The summed E-state index contributed by atoms with van der Waals surface area (Å²) in [5, 5.41) is 0. The van der Waals surface area contributed by atoms with E-state index in [1.807, 2.05) is 51.1 Å². The van der Waals surface area contributed by atoms with Gasteiger partial charge in [-0.1, -0.05) is 30.3 Å². The monoisotopic (exact) mass is 433 g/mol. The van der Waals surface area contributed by atoms with Gasteiger partial charge in [0.25, 0.3) is 5.91 Å². The van der Waals surface area contributed by atoms with Crippen LogP contribution in [-0.4, -0.2) is 36.0 Å². The molecule has 2 rings (SSSR count). The summed E-state index contributed by atoms with van der Waals surface area (Å²) >= 11 is 3.32. The van der Waals surface area contributed by atoms with Crippen LogP contribution < -0.4 is 4.74 Å². The van der Waals surface area contributed by atoms with Crippen LogP contribution in [0, 0.1) is 0 Å². The van der Waals surface area contributed by atoms with Crippen molar-refractivity contribution in [2.24, 2.45) is 0 Å². The summed E-state index contributed by atoms with van der Waals surface area (Å²) in [6, 6.07) is 14.7. The van der Waals surface area contributed by atoms with Crippen LogP contribution in [0.2, 0.25) is 0 Å². The third-order valence-corrected chi connectivity index (χ3v) is 4.71. The zero-order valence-electron chi connectivity index (χ0n) is 16.0. The van der Waals surface area contributed by atoms with Gasteiger partial charge in [-0.3, -0.25) is 4.79 Å². The van der Waals surface area contributed by atoms with E-state index in [1.165, 1.54) is 7.11 Å². The number of carbonyl (C=O) groups is 2. The Kier molecular flexibility index (Phi) is 7.02.